The maximum Gasteiger partial charge on any atom is 0.265 e. The number of fused-ring (bicyclic) bond motifs is 1. The second-order valence-electron chi connectivity index (χ2n) is 5.90. The molecule has 2 aromatic carbocycles. The molecule has 0 amide bonds. The van der Waals surface area contributed by atoms with Gasteiger partial charge in [0, 0.05) is 22.8 Å². The van der Waals surface area contributed by atoms with Crippen LogP contribution in [0.1, 0.15) is 5.69 Å². The Kier molecular flexibility index (Phi) is 4.12. The largest absolute Gasteiger partial charge is 0.507 e. The molecule has 4 rings (SSSR count). The van der Waals surface area contributed by atoms with Gasteiger partial charge in [0.25, 0.3) is 10.0 Å². The number of aryl methyl sites for hydroxylation is 1. The smallest absolute Gasteiger partial charge is 0.265 e. The molecule has 138 valence electrons. The zero-order valence-corrected chi connectivity index (χ0v) is 15.7. The lowest BCUT2D eigenvalue weighted by molar-refractivity contribution is 0.459. The maximum atomic E-state index is 13.0. The van der Waals surface area contributed by atoms with E-state index in [9.17, 15) is 17.9 Å². The number of rotatable bonds is 4. The fourth-order valence-corrected chi connectivity index (χ4v) is 4.79. The topological polar surface area (TPSA) is 83.7 Å². The van der Waals surface area contributed by atoms with E-state index in [1.807, 2.05) is 22.9 Å². The van der Waals surface area contributed by atoms with E-state index in [-0.39, 0.29) is 16.3 Å². The fraction of sp³-hybridized carbons (Fsp3) is 0.0556. The highest BCUT2D eigenvalue weighted by Crippen LogP contribution is 2.33. The molecule has 27 heavy (non-hydrogen) atoms. The van der Waals surface area contributed by atoms with Crippen molar-refractivity contribution in [2.75, 3.05) is 4.72 Å². The minimum absolute atomic E-state index is 0.196. The molecule has 6 nitrogen and oxygen atoms in total. The molecular weight excluding hydrogens is 389 g/mol. The van der Waals surface area contributed by atoms with E-state index in [1.54, 1.807) is 6.07 Å². The number of nitrogens with one attached hydrogen (secondary N) is 1. The quantitative estimate of drug-likeness (QED) is 0.539. The number of benzene rings is 2. The first-order valence-corrected chi connectivity index (χ1v) is 10.3. The van der Waals surface area contributed by atoms with E-state index in [4.69, 9.17) is 0 Å². The third-order valence-electron chi connectivity index (χ3n) is 4.06. The van der Waals surface area contributed by atoms with Crippen molar-refractivity contribution in [1.82, 2.24) is 9.38 Å². The van der Waals surface area contributed by atoms with E-state index in [0.717, 1.165) is 28.5 Å². The summed E-state index contributed by atoms with van der Waals surface area (Å²) in [5, 5.41) is 12.0. The number of hydrogen-bond acceptors (Lipinski definition) is 5. The molecule has 0 aliphatic rings. The second-order valence-corrected chi connectivity index (χ2v) is 8.42. The van der Waals surface area contributed by atoms with E-state index in [2.05, 4.69) is 9.71 Å². The Hall–Kier alpha value is -2.91. The number of imidazole rings is 1. The van der Waals surface area contributed by atoms with Gasteiger partial charge in [-0.25, -0.2) is 17.8 Å². The summed E-state index contributed by atoms with van der Waals surface area (Å²) >= 11 is 1.47. The first kappa shape index (κ1) is 17.5. The fourth-order valence-electron chi connectivity index (χ4n) is 2.85. The summed E-state index contributed by atoms with van der Waals surface area (Å²) in [6.45, 7) is 1.84. The highest BCUT2D eigenvalue weighted by Gasteiger charge is 2.21. The van der Waals surface area contributed by atoms with Crippen LogP contribution in [-0.2, 0) is 10.0 Å². The summed E-state index contributed by atoms with van der Waals surface area (Å²) in [4.78, 5) is 4.98. The molecule has 9 heteroatoms. The van der Waals surface area contributed by atoms with Crippen LogP contribution in [0, 0.1) is 12.7 Å². The lowest BCUT2D eigenvalue weighted by atomic mass is 10.1. The number of aromatic hydroxyl groups is 1. The summed E-state index contributed by atoms with van der Waals surface area (Å²) in [6.07, 6.45) is 1.85. The Balaban J connectivity index is 1.79. The van der Waals surface area contributed by atoms with E-state index >= 15 is 0 Å². The SMILES string of the molecule is Cc1nc2sccn2c1-c1ccc(O)c(S(=O)(=O)Nc2ccc(F)cc2)c1. The molecule has 0 bridgehead atoms. The monoisotopic (exact) mass is 403 g/mol. The number of aromatic nitrogens is 2. The van der Waals surface area contributed by atoms with Crippen molar-refractivity contribution in [3.05, 3.63) is 65.6 Å². The van der Waals surface area contributed by atoms with Crippen LogP contribution in [0.5, 0.6) is 5.75 Å². The van der Waals surface area contributed by atoms with Gasteiger partial charge in [0.1, 0.15) is 16.5 Å². The van der Waals surface area contributed by atoms with Gasteiger partial charge in [-0.05, 0) is 49.4 Å². The third-order valence-corrected chi connectivity index (χ3v) is 6.22. The van der Waals surface area contributed by atoms with Crippen molar-refractivity contribution in [1.29, 1.82) is 0 Å². The average Bonchev–Trinajstić information content (AvgIpc) is 3.17. The van der Waals surface area contributed by atoms with E-state index < -0.39 is 15.8 Å². The molecule has 0 spiro atoms. The predicted octanol–water partition coefficient (Wildman–Crippen LogP) is 4.02. The van der Waals surface area contributed by atoms with Gasteiger partial charge in [-0.15, -0.1) is 11.3 Å². The van der Waals surface area contributed by atoms with Crippen molar-refractivity contribution in [3.8, 4) is 17.0 Å². The number of anilines is 1. The van der Waals surface area contributed by atoms with Crippen LogP contribution >= 0.6 is 11.3 Å². The minimum atomic E-state index is -4.07. The summed E-state index contributed by atoms with van der Waals surface area (Å²) in [5.74, 6) is -0.851. The summed E-state index contributed by atoms with van der Waals surface area (Å²) in [5.41, 5.74) is 2.31. The molecule has 2 aromatic heterocycles. The molecule has 0 aliphatic heterocycles. The molecule has 4 aromatic rings. The molecule has 0 fully saturated rings. The molecule has 2 N–H and O–H groups in total. The third kappa shape index (κ3) is 3.15. The molecule has 2 heterocycles. The first-order valence-electron chi connectivity index (χ1n) is 7.89. The number of thiazole rings is 1. The number of phenolic OH excluding ortho intramolecular Hbond substituents is 1. The van der Waals surface area contributed by atoms with Crippen LogP contribution in [0.3, 0.4) is 0 Å². The predicted molar refractivity (Wildman–Crippen MR) is 102 cm³/mol. The van der Waals surface area contributed by atoms with E-state index in [1.165, 1.54) is 35.6 Å². The van der Waals surface area contributed by atoms with Gasteiger partial charge >= 0.3 is 0 Å². The Labute approximate surface area is 158 Å². The minimum Gasteiger partial charge on any atom is -0.507 e. The number of phenols is 1. The normalized spacial score (nSPS) is 11.8. The zero-order valence-electron chi connectivity index (χ0n) is 14.0. The first-order chi connectivity index (χ1) is 12.8. The van der Waals surface area contributed by atoms with Crippen LogP contribution in [0.4, 0.5) is 10.1 Å². The van der Waals surface area contributed by atoms with Crippen LogP contribution in [-0.4, -0.2) is 22.9 Å². The molecule has 0 radical (unpaired) electrons. The van der Waals surface area contributed by atoms with Gasteiger partial charge in [0.2, 0.25) is 0 Å². The summed E-state index contributed by atoms with van der Waals surface area (Å²) in [7, 11) is -4.07. The van der Waals surface area contributed by atoms with Crippen molar-refractivity contribution in [2.45, 2.75) is 11.8 Å². The van der Waals surface area contributed by atoms with Crippen LogP contribution in [0.2, 0.25) is 0 Å². The Morgan fingerprint density at radius 3 is 2.67 bits per heavy atom. The van der Waals surface area contributed by atoms with Gasteiger partial charge in [-0.2, -0.15) is 0 Å². The van der Waals surface area contributed by atoms with Crippen LogP contribution < -0.4 is 4.72 Å². The molecule has 0 aliphatic carbocycles. The summed E-state index contributed by atoms with van der Waals surface area (Å²) in [6, 6.07) is 9.29. The highest BCUT2D eigenvalue weighted by molar-refractivity contribution is 7.92. The number of sulfonamides is 1. The molecular formula is C18H14FN3O3S2. The maximum absolute atomic E-state index is 13.0. The number of hydrogen-bond donors (Lipinski definition) is 2. The van der Waals surface area contributed by atoms with Gasteiger partial charge in [0.05, 0.1) is 11.4 Å². The highest BCUT2D eigenvalue weighted by atomic mass is 32.2. The zero-order chi connectivity index (χ0) is 19.2. The van der Waals surface area contributed by atoms with Gasteiger partial charge in [-0.1, -0.05) is 0 Å². The van der Waals surface area contributed by atoms with Crippen molar-refractivity contribution >= 4 is 32.0 Å². The Bertz CT molecular complexity index is 1240. The molecule has 0 saturated carbocycles. The van der Waals surface area contributed by atoms with Gasteiger partial charge in [-0.3, -0.25) is 9.12 Å². The van der Waals surface area contributed by atoms with E-state index in [0.29, 0.717) is 5.56 Å². The summed E-state index contributed by atoms with van der Waals surface area (Å²) < 4.78 is 42.7. The van der Waals surface area contributed by atoms with Gasteiger partial charge < -0.3 is 5.11 Å². The van der Waals surface area contributed by atoms with Crippen molar-refractivity contribution in [2.24, 2.45) is 0 Å². The van der Waals surface area contributed by atoms with Gasteiger partial charge in [0.15, 0.2) is 4.96 Å². The van der Waals surface area contributed by atoms with Crippen molar-refractivity contribution < 1.29 is 17.9 Å². The second kappa shape index (κ2) is 6.36. The molecule has 0 atom stereocenters. The van der Waals surface area contributed by atoms with Crippen molar-refractivity contribution in [3.63, 3.8) is 0 Å². The lowest BCUT2D eigenvalue weighted by Gasteiger charge is -2.11. The number of halogens is 1. The standard InChI is InChI=1S/C18H14FN3O3S2/c1-11-17(22-8-9-26-18(22)20-11)12-2-7-15(23)16(10-12)27(24,25)21-14-5-3-13(19)4-6-14/h2-10,21,23H,1H3. The Morgan fingerprint density at radius 2 is 1.93 bits per heavy atom. The number of nitrogens with zero attached hydrogens (tertiary/aromatic N) is 2. The lowest BCUT2D eigenvalue weighted by Crippen LogP contribution is -2.13. The molecule has 0 unspecified atom stereocenters. The Morgan fingerprint density at radius 1 is 1.19 bits per heavy atom. The molecule has 0 saturated heterocycles. The van der Waals surface area contributed by atoms with Crippen LogP contribution in [0.15, 0.2) is 58.9 Å². The average molecular weight is 403 g/mol. The van der Waals surface area contributed by atoms with Crippen LogP contribution in [0.25, 0.3) is 16.2 Å².